The number of ether oxygens (including phenoxy) is 1. The SMILES string of the molecule is CCNC(CCC(F)(F)F)C1(OCC)CCCC(C)C1. The number of alkyl halides is 3. The standard InChI is InChI=1S/C15H28F3NO/c1-4-19-13(8-10-15(16,17)18)14(20-5-2)9-6-7-12(3)11-14/h12-13,19H,4-11H2,1-3H3. The predicted molar refractivity (Wildman–Crippen MR) is 74.7 cm³/mol. The number of likely N-dealkylation sites (N-methyl/N-ethyl adjacent to an activating group) is 1. The number of hydrogen-bond acceptors (Lipinski definition) is 2. The maximum Gasteiger partial charge on any atom is 0.389 e. The lowest BCUT2D eigenvalue weighted by Gasteiger charge is -2.46. The summed E-state index contributed by atoms with van der Waals surface area (Å²) in [6.07, 6.45) is -0.835. The largest absolute Gasteiger partial charge is 0.389 e. The van der Waals surface area contributed by atoms with Crippen molar-refractivity contribution in [3.05, 3.63) is 0 Å². The summed E-state index contributed by atoms with van der Waals surface area (Å²) in [5.74, 6) is 0.516. The second kappa shape index (κ2) is 7.64. The Morgan fingerprint density at radius 1 is 1.35 bits per heavy atom. The Bertz CT molecular complexity index is 279. The highest BCUT2D eigenvalue weighted by Gasteiger charge is 2.43. The first-order valence-electron chi connectivity index (χ1n) is 7.77. The fourth-order valence-electron chi connectivity index (χ4n) is 3.48. The lowest BCUT2D eigenvalue weighted by molar-refractivity contribution is -0.147. The molecule has 120 valence electrons. The first-order valence-corrected chi connectivity index (χ1v) is 7.77. The van der Waals surface area contributed by atoms with Gasteiger partial charge in [0, 0.05) is 19.1 Å². The quantitative estimate of drug-likeness (QED) is 0.756. The topological polar surface area (TPSA) is 21.3 Å². The molecule has 0 bridgehead atoms. The first-order chi connectivity index (χ1) is 9.33. The molecule has 0 aromatic rings. The zero-order valence-corrected chi connectivity index (χ0v) is 12.9. The number of rotatable bonds is 7. The summed E-state index contributed by atoms with van der Waals surface area (Å²) in [4.78, 5) is 0. The third-order valence-corrected chi connectivity index (χ3v) is 4.22. The summed E-state index contributed by atoms with van der Waals surface area (Å²) in [6, 6.07) is -0.211. The molecule has 0 heterocycles. The summed E-state index contributed by atoms with van der Waals surface area (Å²) in [7, 11) is 0. The van der Waals surface area contributed by atoms with E-state index in [0.717, 1.165) is 25.7 Å². The summed E-state index contributed by atoms with van der Waals surface area (Å²) < 4.78 is 43.6. The molecular formula is C15H28F3NO. The molecule has 0 aromatic carbocycles. The maximum atomic E-state index is 12.5. The summed E-state index contributed by atoms with van der Waals surface area (Å²) in [5.41, 5.74) is -0.423. The van der Waals surface area contributed by atoms with Gasteiger partial charge in [-0.1, -0.05) is 26.7 Å². The van der Waals surface area contributed by atoms with E-state index in [2.05, 4.69) is 12.2 Å². The Kier molecular flexibility index (Phi) is 6.79. The van der Waals surface area contributed by atoms with Gasteiger partial charge in [-0.05, 0) is 38.6 Å². The van der Waals surface area contributed by atoms with Crippen molar-refractivity contribution >= 4 is 0 Å². The molecule has 1 saturated carbocycles. The first kappa shape index (κ1) is 17.8. The van der Waals surface area contributed by atoms with Gasteiger partial charge in [-0.3, -0.25) is 0 Å². The summed E-state index contributed by atoms with van der Waals surface area (Å²) >= 11 is 0. The van der Waals surface area contributed by atoms with Gasteiger partial charge in [0.05, 0.1) is 5.60 Å². The van der Waals surface area contributed by atoms with Gasteiger partial charge in [-0.25, -0.2) is 0 Å². The van der Waals surface area contributed by atoms with Crippen LogP contribution in [0.3, 0.4) is 0 Å². The van der Waals surface area contributed by atoms with Crippen molar-refractivity contribution in [2.75, 3.05) is 13.2 Å². The van der Waals surface area contributed by atoms with Crippen LogP contribution in [0.1, 0.15) is 59.3 Å². The van der Waals surface area contributed by atoms with Gasteiger partial charge in [0.1, 0.15) is 0 Å². The van der Waals surface area contributed by atoms with Crippen molar-refractivity contribution in [1.29, 1.82) is 0 Å². The van der Waals surface area contributed by atoms with Gasteiger partial charge in [0.2, 0.25) is 0 Å². The van der Waals surface area contributed by atoms with Gasteiger partial charge in [0.15, 0.2) is 0 Å². The molecule has 1 rings (SSSR count). The van der Waals surface area contributed by atoms with Crippen molar-refractivity contribution in [2.45, 2.75) is 77.1 Å². The molecule has 20 heavy (non-hydrogen) atoms. The van der Waals surface area contributed by atoms with E-state index < -0.39 is 18.2 Å². The molecule has 0 radical (unpaired) electrons. The van der Waals surface area contributed by atoms with Gasteiger partial charge in [-0.15, -0.1) is 0 Å². The van der Waals surface area contributed by atoms with E-state index in [4.69, 9.17) is 4.74 Å². The molecule has 0 saturated heterocycles. The van der Waals surface area contributed by atoms with Crippen molar-refractivity contribution in [1.82, 2.24) is 5.32 Å². The predicted octanol–water partition coefficient (Wildman–Crippen LogP) is 4.29. The zero-order valence-electron chi connectivity index (χ0n) is 12.9. The van der Waals surface area contributed by atoms with Crippen LogP contribution in [0.4, 0.5) is 13.2 Å². The number of halogens is 3. The number of nitrogens with one attached hydrogen (secondary N) is 1. The highest BCUT2D eigenvalue weighted by Crippen LogP contribution is 2.40. The van der Waals surface area contributed by atoms with Crippen LogP contribution in [0.5, 0.6) is 0 Å². The maximum absolute atomic E-state index is 12.5. The highest BCUT2D eigenvalue weighted by atomic mass is 19.4. The van der Waals surface area contributed by atoms with Gasteiger partial charge in [-0.2, -0.15) is 13.2 Å². The molecule has 0 aromatic heterocycles. The van der Waals surface area contributed by atoms with Crippen LogP contribution in [-0.4, -0.2) is 31.0 Å². The normalized spacial score (nSPS) is 29.4. The molecule has 0 aliphatic heterocycles. The van der Waals surface area contributed by atoms with E-state index in [1.54, 1.807) is 0 Å². The van der Waals surface area contributed by atoms with E-state index >= 15 is 0 Å². The molecule has 2 nitrogen and oxygen atoms in total. The summed E-state index contributed by atoms with van der Waals surface area (Å²) in [5, 5.41) is 3.25. The van der Waals surface area contributed by atoms with Crippen molar-refractivity contribution in [3.63, 3.8) is 0 Å². The lowest BCUT2D eigenvalue weighted by atomic mass is 9.73. The summed E-state index contributed by atoms with van der Waals surface area (Å²) in [6.45, 7) is 7.26. The van der Waals surface area contributed by atoms with E-state index in [1.165, 1.54) is 0 Å². The lowest BCUT2D eigenvalue weighted by Crippen LogP contribution is -2.55. The third-order valence-electron chi connectivity index (χ3n) is 4.22. The van der Waals surface area contributed by atoms with E-state index in [-0.39, 0.29) is 12.5 Å². The van der Waals surface area contributed by atoms with Crippen LogP contribution in [0.15, 0.2) is 0 Å². The average molecular weight is 295 g/mol. The molecule has 0 spiro atoms. The Labute approximate surface area is 120 Å². The molecule has 1 fully saturated rings. The van der Waals surface area contributed by atoms with E-state index in [9.17, 15) is 13.2 Å². The molecule has 1 N–H and O–H groups in total. The molecule has 0 amide bonds. The van der Waals surface area contributed by atoms with Gasteiger partial charge in [0.25, 0.3) is 0 Å². The van der Waals surface area contributed by atoms with E-state index in [1.807, 2.05) is 13.8 Å². The molecule has 3 unspecified atom stereocenters. The molecule has 1 aliphatic carbocycles. The Hall–Kier alpha value is -0.290. The van der Waals surface area contributed by atoms with Crippen molar-refractivity contribution in [2.24, 2.45) is 5.92 Å². The molecule has 1 aliphatic rings. The molecular weight excluding hydrogens is 267 g/mol. The van der Waals surface area contributed by atoms with Crippen LogP contribution in [0.25, 0.3) is 0 Å². The minimum absolute atomic E-state index is 0.101. The monoisotopic (exact) mass is 295 g/mol. The van der Waals surface area contributed by atoms with Crippen molar-refractivity contribution in [3.8, 4) is 0 Å². The number of hydrogen-bond donors (Lipinski definition) is 1. The fourth-order valence-corrected chi connectivity index (χ4v) is 3.48. The van der Waals surface area contributed by atoms with Crippen molar-refractivity contribution < 1.29 is 17.9 Å². The molecule has 3 atom stereocenters. The van der Waals surface area contributed by atoms with E-state index in [0.29, 0.717) is 19.1 Å². The Morgan fingerprint density at radius 3 is 2.55 bits per heavy atom. The Morgan fingerprint density at radius 2 is 2.05 bits per heavy atom. The smallest absolute Gasteiger partial charge is 0.374 e. The fraction of sp³-hybridized carbons (Fsp3) is 1.00. The second-order valence-electron chi connectivity index (χ2n) is 5.96. The highest BCUT2D eigenvalue weighted by molar-refractivity contribution is 4.97. The third kappa shape index (κ3) is 5.24. The van der Waals surface area contributed by atoms with Gasteiger partial charge >= 0.3 is 6.18 Å². The van der Waals surface area contributed by atoms with Crippen LogP contribution in [-0.2, 0) is 4.74 Å². The van der Waals surface area contributed by atoms with Gasteiger partial charge < -0.3 is 10.1 Å². The minimum Gasteiger partial charge on any atom is -0.374 e. The average Bonchev–Trinajstić information content (AvgIpc) is 2.33. The zero-order chi connectivity index (χ0) is 15.2. The van der Waals surface area contributed by atoms with Crippen LogP contribution in [0.2, 0.25) is 0 Å². The van der Waals surface area contributed by atoms with Crippen LogP contribution < -0.4 is 5.32 Å². The van der Waals surface area contributed by atoms with Crippen LogP contribution >= 0.6 is 0 Å². The van der Waals surface area contributed by atoms with Crippen LogP contribution in [0, 0.1) is 5.92 Å². The second-order valence-corrected chi connectivity index (χ2v) is 5.96. The molecule has 5 heteroatoms. The Balaban J connectivity index is 2.81. The minimum atomic E-state index is -4.10.